The summed E-state index contributed by atoms with van der Waals surface area (Å²) in [6, 6.07) is 0. The fourth-order valence-corrected chi connectivity index (χ4v) is 3.96. The molecule has 48 valence electrons. The van der Waals surface area contributed by atoms with Crippen LogP contribution in [0.4, 0.5) is 0 Å². The van der Waals surface area contributed by atoms with Gasteiger partial charge < -0.3 is 13.3 Å². The molecule has 3 nitrogen and oxygen atoms in total. The van der Waals surface area contributed by atoms with Gasteiger partial charge in [0.2, 0.25) is 0 Å². The molecule has 0 N–H and O–H groups in total. The monoisotopic (exact) mass is 150 g/mol. The molecule has 0 spiro atoms. The van der Waals surface area contributed by atoms with Gasteiger partial charge in [-0.1, -0.05) is 0 Å². The van der Waals surface area contributed by atoms with Crippen LogP contribution in [0.5, 0.6) is 0 Å². The molecular formula is C3H10O3Si2. The third kappa shape index (κ3) is 1.68. The second-order valence-electron chi connectivity index (χ2n) is 1.61. The molecule has 0 aliphatic carbocycles. The summed E-state index contributed by atoms with van der Waals surface area (Å²) in [6.45, 7) is 0. The van der Waals surface area contributed by atoms with E-state index in [0.29, 0.717) is 0 Å². The maximum Gasteiger partial charge on any atom is 0.346 e. The smallest absolute Gasteiger partial charge is 0.346 e. The lowest BCUT2D eigenvalue weighted by molar-refractivity contribution is 0.195. The van der Waals surface area contributed by atoms with Gasteiger partial charge in [-0.2, -0.15) is 0 Å². The lowest BCUT2D eigenvalue weighted by Gasteiger charge is -2.18. The molecule has 1 saturated heterocycles. The van der Waals surface area contributed by atoms with Gasteiger partial charge >= 0.3 is 9.28 Å². The standard InChI is InChI=1S/C3H10O3Si2/c1-4-8-3-5-7-2-6-8/h8H,2-3,7H2,1H3. The molecule has 5 heteroatoms. The first kappa shape index (κ1) is 6.43. The second kappa shape index (κ2) is 3.36. The Balaban J connectivity index is 2.13. The lowest BCUT2D eigenvalue weighted by Crippen LogP contribution is -2.36. The molecule has 1 aliphatic heterocycles. The fraction of sp³-hybridized carbons (Fsp3) is 1.00. The minimum Gasteiger partial charge on any atom is -0.420 e. The van der Waals surface area contributed by atoms with E-state index in [1.54, 1.807) is 7.11 Å². The Morgan fingerprint density at radius 3 is 3.00 bits per heavy atom. The van der Waals surface area contributed by atoms with Crippen molar-refractivity contribution < 1.29 is 13.3 Å². The van der Waals surface area contributed by atoms with Crippen molar-refractivity contribution >= 4 is 19.0 Å². The van der Waals surface area contributed by atoms with Crippen molar-refractivity contribution in [1.82, 2.24) is 0 Å². The van der Waals surface area contributed by atoms with Gasteiger partial charge in [0.05, 0.1) is 6.23 Å². The maximum absolute atomic E-state index is 5.28. The average Bonchev–Trinajstić information content (AvgIpc) is 1.90. The molecule has 0 aromatic carbocycles. The average molecular weight is 150 g/mol. The normalized spacial score (nSPS) is 33.4. The summed E-state index contributed by atoms with van der Waals surface area (Å²) in [4.78, 5) is 0. The van der Waals surface area contributed by atoms with Gasteiger partial charge in [0.15, 0.2) is 9.76 Å². The van der Waals surface area contributed by atoms with E-state index in [1.807, 2.05) is 0 Å². The van der Waals surface area contributed by atoms with E-state index in [9.17, 15) is 0 Å². The molecule has 1 atom stereocenters. The van der Waals surface area contributed by atoms with Crippen LogP contribution in [-0.2, 0) is 13.3 Å². The van der Waals surface area contributed by atoms with Crippen molar-refractivity contribution in [3.8, 4) is 0 Å². The number of hydrogen-bond donors (Lipinski definition) is 0. The van der Waals surface area contributed by atoms with Crippen LogP contribution in [0.1, 0.15) is 0 Å². The van der Waals surface area contributed by atoms with Crippen LogP contribution < -0.4 is 0 Å². The highest BCUT2D eigenvalue weighted by Gasteiger charge is 2.15. The van der Waals surface area contributed by atoms with Crippen LogP contribution in [0.3, 0.4) is 0 Å². The van der Waals surface area contributed by atoms with Crippen molar-refractivity contribution in [1.29, 1.82) is 0 Å². The summed E-state index contributed by atoms with van der Waals surface area (Å²) in [5, 5.41) is 0. The molecular weight excluding hydrogens is 140 g/mol. The van der Waals surface area contributed by atoms with Crippen LogP contribution >= 0.6 is 0 Å². The summed E-state index contributed by atoms with van der Waals surface area (Å²) < 4.78 is 15.5. The zero-order chi connectivity index (χ0) is 5.82. The molecule has 1 aliphatic rings. The SMILES string of the molecule is CO[SiH]1CO[SiH2]CO1. The Kier molecular flexibility index (Phi) is 2.70. The predicted molar refractivity (Wildman–Crippen MR) is 34.6 cm³/mol. The molecule has 1 rings (SSSR count). The van der Waals surface area contributed by atoms with Crippen LogP contribution in [0.2, 0.25) is 0 Å². The highest BCUT2D eigenvalue weighted by molar-refractivity contribution is 6.48. The third-order valence-corrected chi connectivity index (χ3v) is 4.56. The van der Waals surface area contributed by atoms with Gasteiger partial charge in [-0.05, 0) is 0 Å². The van der Waals surface area contributed by atoms with E-state index in [1.165, 1.54) is 0 Å². The predicted octanol–water partition coefficient (Wildman–Crippen LogP) is -1.52. The topological polar surface area (TPSA) is 27.7 Å². The van der Waals surface area contributed by atoms with Gasteiger partial charge in [-0.15, -0.1) is 0 Å². The lowest BCUT2D eigenvalue weighted by atomic mass is 11.7. The Hall–Kier alpha value is 0.314. The molecule has 0 saturated carbocycles. The van der Waals surface area contributed by atoms with E-state index < -0.39 is 9.28 Å². The Bertz CT molecular complexity index is 63.5. The molecule has 1 unspecified atom stereocenters. The van der Waals surface area contributed by atoms with E-state index in [2.05, 4.69) is 0 Å². The van der Waals surface area contributed by atoms with Gasteiger partial charge in [0.1, 0.15) is 0 Å². The number of hydrogen-bond acceptors (Lipinski definition) is 3. The minimum atomic E-state index is -1.29. The third-order valence-electron chi connectivity index (χ3n) is 1.05. The van der Waals surface area contributed by atoms with Gasteiger partial charge in [-0.25, -0.2) is 0 Å². The van der Waals surface area contributed by atoms with Crippen molar-refractivity contribution in [3.63, 3.8) is 0 Å². The second-order valence-corrected chi connectivity index (χ2v) is 4.83. The molecule has 0 bridgehead atoms. The fourth-order valence-electron chi connectivity index (χ4n) is 0.602. The molecule has 0 aromatic rings. The molecule has 0 amide bonds. The minimum absolute atomic E-state index is 0.300. The van der Waals surface area contributed by atoms with Crippen molar-refractivity contribution in [2.75, 3.05) is 19.6 Å². The van der Waals surface area contributed by atoms with E-state index >= 15 is 0 Å². The zero-order valence-electron chi connectivity index (χ0n) is 4.92. The summed E-state index contributed by atoms with van der Waals surface area (Å²) in [6.07, 6.45) is 1.62. The van der Waals surface area contributed by atoms with Crippen LogP contribution in [0.25, 0.3) is 0 Å². The molecule has 1 fully saturated rings. The van der Waals surface area contributed by atoms with Crippen molar-refractivity contribution in [3.05, 3.63) is 0 Å². The highest BCUT2D eigenvalue weighted by Crippen LogP contribution is 1.93. The molecule has 0 aromatic heterocycles. The maximum atomic E-state index is 5.28. The van der Waals surface area contributed by atoms with E-state index in [-0.39, 0.29) is 9.76 Å². The van der Waals surface area contributed by atoms with Crippen molar-refractivity contribution in [2.45, 2.75) is 0 Å². The van der Waals surface area contributed by atoms with E-state index in [4.69, 9.17) is 13.3 Å². The zero-order valence-corrected chi connectivity index (χ0v) is 7.49. The molecule has 0 radical (unpaired) electrons. The molecule has 8 heavy (non-hydrogen) atoms. The molecule has 1 heterocycles. The highest BCUT2D eigenvalue weighted by atomic mass is 28.3. The quantitative estimate of drug-likeness (QED) is 0.425. The number of rotatable bonds is 1. The summed E-state index contributed by atoms with van der Waals surface area (Å²) in [5.41, 5.74) is 0. The summed E-state index contributed by atoms with van der Waals surface area (Å²) >= 11 is 0. The van der Waals surface area contributed by atoms with Gasteiger partial charge in [-0.3, -0.25) is 0 Å². The largest absolute Gasteiger partial charge is 0.420 e. The summed E-state index contributed by atoms with van der Waals surface area (Å²) in [5.74, 6) is 0. The Labute approximate surface area is 52.7 Å². The first-order valence-electron chi connectivity index (χ1n) is 2.65. The van der Waals surface area contributed by atoms with Crippen LogP contribution in [-0.4, -0.2) is 38.6 Å². The van der Waals surface area contributed by atoms with Gasteiger partial charge in [0, 0.05) is 13.3 Å². The van der Waals surface area contributed by atoms with Crippen LogP contribution in [0.15, 0.2) is 0 Å². The summed E-state index contributed by atoms with van der Waals surface area (Å²) in [7, 11) is 0.0947. The first-order valence-corrected chi connectivity index (χ1v) is 5.99. The van der Waals surface area contributed by atoms with Crippen LogP contribution in [0, 0.1) is 0 Å². The first-order chi connectivity index (χ1) is 3.93. The van der Waals surface area contributed by atoms with Crippen molar-refractivity contribution in [2.24, 2.45) is 0 Å². The Morgan fingerprint density at radius 1 is 1.75 bits per heavy atom. The Morgan fingerprint density at radius 2 is 2.62 bits per heavy atom. The van der Waals surface area contributed by atoms with Gasteiger partial charge in [0.25, 0.3) is 0 Å². The van der Waals surface area contributed by atoms with E-state index in [0.717, 1.165) is 12.5 Å².